The SMILES string of the molecule is Cc1ccc(OCC(=O)OCC(=O)NCCc2ccc(Cl)cc2)cc1C. The smallest absolute Gasteiger partial charge is 0.344 e. The summed E-state index contributed by atoms with van der Waals surface area (Å²) in [5.41, 5.74) is 3.29. The fourth-order valence-corrected chi connectivity index (χ4v) is 2.31. The van der Waals surface area contributed by atoms with Crippen LogP contribution in [-0.2, 0) is 20.7 Å². The van der Waals surface area contributed by atoms with E-state index >= 15 is 0 Å². The number of amides is 1. The van der Waals surface area contributed by atoms with Gasteiger partial charge in [-0.3, -0.25) is 4.79 Å². The van der Waals surface area contributed by atoms with E-state index in [1.54, 1.807) is 18.2 Å². The summed E-state index contributed by atoms with van der Waals surface area (Å²) in [6.07, 6.45) is 0.673. The predicted octanol–water partition coefficient (Wildman–Crippen LogP) is 3.24. The number of benzene rings is 2. The molecular weight excluding hydrogens is 354 g/mol. The van der Waals surface area contributed by atoms with Gasteiger partial charge in [0.1, 0.15) is 5.75 Å². The van der Waals surface area contributed by atoms with Crippen LogP contribution in [-0.4, -0.2) is 31.6 Å². The molecule has 2 aromatic carbocycles. The maximum atomic E-state index is 11.7. The predicted molar refractivity (Wildman–Crippen MR) is 101 cm³/mol. The standard InChI is InChI=1S/C20H22ClNO4/c1-14-3-8-18(11-15(14)2)25-13-20(24)26-12-19(23)22-10-9-16-4-6-17(21)7-5-16/h3-8,11H,9-10,12-13H2,1-2H3,(H,22,23). The van der Waals surface area contributed by atoms with E-state index in [4.69, 9.17) is 21.1 Å². The molecule has 1 amide bonds. The number of carbonyl (C=O) groups is 2. The average Bonchev–Trinajstić information content (AvgIpc) is 2.62. The number of rotatable bonds is 8. The Morgan fingerprint density at radius 3 is 2.42 bits per heavy atom. The Balaban J connectivity index is 1.62. The topological polar surface area (TPSA) is 64.6 Å². The van der Waals surface area contributed by atoms with Gasteiger partial charge in [0.05, 0.1) is 0 Å². The average molecular weight is 376 g/mol. The molecule has 1 N–H and O–H groups in total. The summed E-state index contributed by atoms with van der Waals surface area (Å²) in [6.45, 7) is 3.86. The molecule has 0 aromatic heterocycles. The summed E-state index contributed by atoms with van der Waals surface area (Å²) in [6, 6.07) is 13.0. The molecule has 0 radical (unpaired) electrons. The Kier molecular flexibility index (Phi) is 7.48. The van der Waals surface area contributed by atoms with E-state index in [1.807, 2.05) is 38.1 Å². The molecule has 0 heterocycles. The van der Waals surface area contributed by atoms with Gasteiger partial charge < -0.3 is 14.8 Å². The summed E-state index contributed by atoms with van der Waals surface area (Å²) >= 11 is 5.82. The normalized spacial score (nSPS) is 10.3. The number of aryl methyl sites for hydroxylation is 2. The number of halogens is 1. The lowest BCUT2D eigenvalue weighted by atomic mass is 10.1. The van der Waals surface area contributed by atoms with Crippen molar-refractivity contribution in [3.63, 3.8) is 0 Å². The van der Waals surface area contributed by atoms with E-state index in [9.17, 15) is 9.59 Å². The van der Waals surface area contributed by atoms with E-state index in [0.717, 1.165) is 16.7 Å². The van der Waals surface area contributed by atoms with Gasteiger partial charge in [-0.1, -0.05) is 29.8 Å². The summed E-state index contributed by atoms with van der Waals surface area (Å²) in [4.78, 5) is 23.4. The molecule has 0 aliphatic heterocycles. The molecule has 0 bridgehead atoms. The van der Waals surface area contributed by atoms with Crippen LogP contribution in [0, 0.1) is 13.8 Å². The summed E-state index contributed by atoms with van der Waals surface area (Å²) in [5.74, 6) is -0.341. The van der Waals surface area contributed by atoms with Crippen LogP contribution in [0.3, 0.4) is 0 Å². The minimum atomic E-state index is -0.587. The van der Waals surface area contributed by atoms with E-state index in [-0.39, 0.29) is 19.1 Å². The molecule has 0 unspecified atom stereocenters. The van der Waals surface area contributed by atoms with Crippen LogP contribution in [0.1, 0.15) is 16.7 Å². The quantitative estimate of drug-likeness (QED) is 0.719. The van der Waals surface area contributed by atoms with Crippen LogP contribution in [0.25, 0.3) is 0 Å². The molecule has 0 fully saturated rings. The lowest BCUT2D eigenvalue weighted by molar-refractivity contribution is -0.150. The molecular formula is C20H22ClNO4. The van der Waals surface area contributed by atoms with Gasteiger partial charge >= 0.3 is 5.97 Å². The zero-order chi connectivity index (χ0) is 18.9. The molecule has 0 atom stereocenters. The second-order valence-corrected chi connectivity index (χ2v) is 6.36. The second kappa shape index (κ2) is 9.82. The van der Waals surface area contributed by atoms with Gasteiger partial charge in [0.15, 0.2) is 13.2 Å². The Morgan fingerprint density at radius 1 is 1.00 bits per heavy atom. The molecule has 0 aliphatic rings. The van der Waals surface area contributed by atoms with Gasteiger partial charge in [-0.05, 0) is 61.2 Å². The Hall–Kier alpha value is -2.53. The molecule has 26 heavy (non-hydrogen) atoms. The van der Waals surface area contributed by atoms with Gasteiger partial charge in [-0.15, -0.1) is 0 Å². The first-order valence-corrected chi connectivity index (χ1v) is 8.68. The van der Waals surface area contributed by atoms with Crippen molar-refractivity contribution >= 4 is 23.5 Å². The zero-order valence-electron chi connectivity index (χ0n) is 14.9. The van der Waals surface area contributed by atoms with Crippen LogP contribution in [0.15, 0.2) is 42.5 Å². The third-order valence-electron chi connectivity index (χ3n) is 3.85. The highest BCUT2D eigenvalue weighted by molar-refractivity contribution is 6.30. The molecule has 0 saturated heterocycles. The second-order valence-electron chi connectivity index (χ2n) is 5.92. The van der Waals surface area contributed by atoms with Crippen molar-refractivity contribution in [2.45, 2.75) is 20.3 Å². The van der Waals surface area contributed by atoms with Gasteiger partial charge in [-0.2, -0.15) is 0 Å². The van der Waals surface area contributed by atoms with Crippen molar-refractivity contribution in [3.05, 3.63) is 64.2 Å². The molecule has 5 nitrogen and oxygen atoms in total. The fourth-order valence-electron chi connectivity index (χ4n) is 2.18. The highest BCUT2D eigenvalue weighted by atomic mass is 35.5. The molecule has 138 valence electrons. The molecule has 6 heteroatoms. The Bertz CT molecular complexity index is 759. The van der Waals surface area contributed by atoms with Crippen molar-refractivity contribution in [2.24, 2.45) is 0 Å². The number of nitrogens with one attached hydrogen (secondary N) is 1. The van der Waals surface area contributed by atoms with Crippen LogP contribution in [0.5, 0.6) is 5.75 Å². The van der Waals surface area contributed by atoms with Crippen molar-refractivity contribution in [3.8, 4) is 5.75 Å². The van der Waals surface area contributed by atoms with Crippen LogP contribution in [0.2, 0.25) is 5.02 Å². The van der Waals surface area contributed by atoms with Crippen molar-refractivity contribution in [1.82, 2.24) is 5.32 Å². The minimum Gasteiger partial charge on any atom is -0.482 e. The lowest BCUT2D eigenvalue weighted by Crippen LogP contribution is -2.31. The Labute approximate surface area is 158 Å². The highest BCUT2D eigenvalue weighted by Crippen LogP contribution is 2.16. The van der Waals surface area contributed by atoms with Crippen molar-refractivity contribution in [1.29, 1.82) is 0 Å². The monoisotopic (exact) mass is 375 g/mol. The van der Waals surface area contributed by atoms with Crippen LogP contribution in [0.4, 0.5) is 0 Å². The Morgan fingerprint density at radius 2 is 1.73 bits per heavy atom. The lowest BCUT2D eigenvalue weighted by Gasteiger charge is -2.09. The summed E-state index contributed by atoms with van der Waals surface area (Å²) in [7, 11) is 0. The number of esters is 1. The molecule has 0 saturated carbocycles. The maximum Gasteiger partial charge on any atom is 0.344 e. The number of hydrogen-bond donors (Lipinski definition) is 1. The highest BCUT2D eigenvalue weighted by Gasteiger charge is 2.08. The van der Waals surface area contributed by atoms with Crippen molar-refractivity contribution < 1.29 is 19.1 Å². The first kappa shape index (κ1) is 19.8. The van der Waals surface area contributed by atoms with Gasteiger partial charge in [0, 0.05) is 11.6 Å². The molecule has 2 rings (SSSR count). The first-order chi connectivity index (χ1) is 12.4. The van der Waals surface area contributed by atoms with E-state index in [2.05, 4.69) is 5.32 Å². The summed E-state index contributed by atoms with van der Waals surface area (Å²) in [5, 5.41) is 3.37. The largest absolute Gasteiger partial charge is 0.482 e. The van der Waals surface area contributed by atoms with Crippen LogP contribution >= 0.6 is 11.6 Å². The van der Waals surface area contributed by atoms with E-state index < -0.39 is 5.97 Å². The summed E-state index contributed by atoms with van der Waals surface area (Å²) < 4.78 is 10.3. The molecule has 0 aliphatic carbocycles. The van der Waals surface area contributed by atoms with Gasteiger partial charge in [-0.25, -0.2) is 4.79 Å². The van der Waals surface area contributed by atoms with Crippen LogP contribution < -0.4 is 10.1 Å². The van der Waals surface area contributed by atoms with Crippen molar-refractivity contribution in [2.75, 3.05) is 19.8 Å². The van der Waals surface area contributed by atoms with E-state index in [0.29, 0.717) is 23.7 Å². The molecule has 0 spiro atoms. The maximum absolute atomic E-state index is 11.7. The fraction of sp³-hybridized carbons (Fsp3) is 0.300. The van der Waals surface area contributed by atoms with Gasteiger partial charge in [0.2, 0.25) is 0 Å². The van der Waals surface area contributed by atoms with Gasteiger partial charge in [0.25, 0.3) is 5.91 Å². The third kappa shape index (κ3) is 6.76. The zero-order valence-corrected chi connectivity index (χ0v) is 15.6. The third-order valence-corrected chi connectivity index (χ3v) is 4.10. The number of ether oxygens (including phenoxy) is 2. The number of carbonyl (C=O) groups excluding carboxylic acids is 2. The minimum absolute atomic E-state index is 0.236. The first-order valence-electron chi connectivity index (χ1n) is 8.31. The van der Waals surface area contributed by atoms with E-state index in [1.165, 1.54) is 0 Å². The molecule has 2 aromatic rings. The number of hydrogen-bond acceptors (Lipinski definition) is 4.